The quantitative estimate of drug-likeness (QED) is 0.727. The number of furan rings is 1. The Labute approximate surface area is 170 Å². The van der Waals surface area contributed by atoms with Crippen LogP contribution in [0.3, 0.4) is 0 Å². The first-order valence-electron chi connectivity index (χ1n) is 10.4. The van der Waals surface area contributed by atoms with Crippen molar-refractivity contribution in [3.05, 3.63) is 59.0 Å². The Kier molecular flexibility index (Phi) is 5.51. The van der Waals surface area contributed by atoms with Crippen LogP contribution in [0.25, 0.3) is 0 Å². The number of amides is 3. The molecule has 0 atom stereocenters. The van der Waals surface area contributed by atoms with Gasteiger partial charge in [0.15, 0.2) is 0 Å². The summed E-state index contributed by atoms with van der Waals surface area (Å²) in [5.41, 5.74) is 1.08. The predicted molar refractivity (Wildman–Crippen MR) is 108 cm³/mol. The van der Waals surface area contributed by atoms with Gasteiger partial charge < -0.3 is 9.32 Å². The van der Waals surface area contributed by atoms with Crippen molar-refractivity contribution in [2.45, 2.75) is 57.5 Å². The Balaban J connectivity index is 1.52. The number of imide groups is 1. The molecular formula is C23H26N2O4. The standard InChI is InChI=1S/C23H26N2O4/c1-24(17-8-5-3-2-4-6-9-17)21(26)16-11-12-19-20(14-16)23(28)25(22(19)27)15-18-10-7-13-29-18/h7,10-14,17H,2-6,8-9,15H2,1H3. The molecule has 1 aliphatic carbocycles. The molecule has 3 amide bonds. The summed E-state index contributed by atoms with van der Waals surface area (Å²) in [7, 11) is 1.85. The molecule has 2 aliphatic rings. The minimum Gasteiger partial charge on any atom is -0.467 e. The minimum absolute atomic E-state index is 0.0879. The number of benzene rings is 1. The van der Waals surface area contributed by atoms with E-state index in [9.17, 15) is 14.4 Å². The van der Waals surface area contributed by atoms with Crippen LogP contribution in [0.5, 0.6) is 0 Å². The van der Waals surface area contributed by atoms with Crippen LogP contribution >= 0.6 is 0 Å². The molecule has 1 saturated carbocycles. The van der Waals surface area contributed by atoms with Crippen LogP contribution in [0.2, 0.25) is 0 Å². The lowest BCUT2D eigenvalue weighted by Gasteiger charge is -2.30. The van der Waals surface area contributed by atoms with E-state index in [-0.39, 0.29) is 30.3 Å². The lowest BCUT2D eigenvalue weighted by molar-refractivity contribution is 0.0631. The maximum absolute atomic E-state index is 13.1. The Hall–Kier alpha value is -2.89. The molecule has 0 unspecified atom stereocenters. The first kappa shape index (κ1) is 19.4. The molecule has 1 aliphatic heterocycles. The highest BCUT2D eigenvalue weighted by Gasteiger charge is 2.37. The maximum Gasteiger partial charge on any atom is 0.261 e. The molecule has 6 nitrogen and oxygen atoms in total. The zero-order valence-corrected chi connectivity index (χ0v) is 16.7. The van der Waals surface area contributed by atoms with E-state index in [4.69, 9.17) is 4.42 Å². The van der Waals surface area contributed by atoms with Gasteiger partial charge in [-0.05, 0) is 43.2 Å². The molecular weight excluding hydrogens is 368 g/mol. The number of fused-ring (bicyclic) bond motifs is 1. The number of rotatable bonds is 4. The van der Waals surface area contributed by atoms with Crippen LogP contribution in [0.15, 0.2) is 41.0 Å². The fraction of sp³-hybridized carbons (Fsp3) is 0.435. The molecule has 29 heavy (non-hydrogen) atoms. The Morgan fingerprint density at radius 3 is 2.41 bits per heavy atom. The fourth-order valence-electron chi connectivity index (χ4n) is 4.32. The molecule has 1 fully saturated rings. The molecule has 152 valence electrons. The van der Waals surface area contributed by atoms with Gasteiger partial charge in [0.1, 0.15) is 5.76 Å². The summed E-state index contributed by atoms with van der Waals surface area (Å²) in [6, 6.07) is 8.49. The SMILES string of the molecule is CN(C(=O)c1ccc2c(c1)C(=O)N(Cc1ccco1)C2=O)C1CCCCCCC1. The van der Waals surface area contributed by atoms with Crippen LogP contribution in [0, 0.1) is 0 Å². The summed E-state index contributed by atoms with van der Waals surface area (Å²) in [6.45, 7) is 0.0879. The van der Waals surface area contributed by atoms with E-state index >= 15 is 0 Å². The normalized spacial score (nSPS) is 17.8. The third kappa shape index (κ3) is 3.84. The van der Waals surface area contributed by atoms with Crippen LogP contribution in [-0.4, -0.2) is 40.6 Å². The molecule has 0 N–H and O–H groups in total. The van der Waals surface area contributed by atoms with Gasteiger partial charge in [-0.15, -0.1) is 0 Å². The summed E-state index contributed by atoms with van der Waals surface area (Å²) in [6.07, 6.45) is 9.54. The van der Waals surface area contributed by atoms with Gasteiger partial charge in [0, 0.05) is 18.7 Å². The number of hydrogen-bond donors (Lipinski definition) is 0. The van der Waals surface area contributed by atoms with E-state index in [0.717, 1.165) is 30.6 Å². The summed E-state index contributed by atoms with van der Waals surface area (Å²) in [5.74, 6) is -0.290. The maximum atomic E-state index is 13.1. The topological polar surface area (TPSA) is 70.8 Å². The number of hydrogen-bond acceptors (Lipinski definition) is 4. The molecule has 6 heteroatoms. The van der Waals surface area contributed by atoms with Gasteiger partial charge in [0.05, 0.1) is 23.9 Å². The minimum atomic E-state index is -0.385. The van der Waals surface area contributed by atoms with E-state index in [1.807, 2.05) is 11.9 Å². The van der Waals surface area contributed by atoms with Crippen molar-refractivity contribution in [1.29, 1.82) is 0 Å². The zero-order valence-electron chi connectivity index (χ0n) is 16.7. The van der Waals surface area contributed by atoms with Crippen molar-refractivity contribution >= 4 is 17.7 Å². The molecule has 0 saturated heterocycles. The van der Waals surface area contributed by atoms with Crippen molar-refractivity contribution in [3.8, 4) is 0 Å². The van der Waals surface area contributed by atoms with Crippen molar-refractivity contribution in [2.24, 2.45) is 0 Å². The molecule has 1 aromatic heterocycles. The lowest BCUT2D eigenvalue weighted by Crippen LogP contribution is -2.37. The van der Waals surface area contributed by atoms with E-state index in [0.29, 0.717) is 22.5 Å². The van der Waals surface area contributed by atoms with Gasteiger partial charge in [-0.2, -0.15) is 0 Å². The summed E-state index contributed by atoms with van der Waals surface area (Å²) < 4.78 is 5.26. The van der Waals surface area contributed by atoms with Crippen LogP contribution in [-0.2, 0) is 6.54 Å². The van der Waals surface area contributed by atoms with E-state index in [1.165, 1.54) is 25.5 Å². The Morgan fingerprint density at radius 1 is 1.03 bits per heavy atom. The van der Waals surface area contributed by atoms with Gasteiger partial charge >= 0.3 is 0 Å². The van der Waals surface area contributed by atoms with Gasteiger partial charge in [0.25, 0.3) is 17.7 Å². The smallest absolute Gasteiger partial charge is 0.261 e. The highest BCUT2D eigenvalue weighted by atomic mass is 16.3. The summed E-state index contributed by atoms with van der Waals surface area (Å²) in [5, 5.41) is 0. The van der Waals surface area contributed by atoms with Crippen molar-refractivity contribution in [3.63, 3.8) is 0 Å². The zero-order chi connectivity index (χ0) is 20.4. The largest absolute Gasteiger partial charge is 0.467 e. The lowest BCUT2D eigenvalue weighted by atomic mass is 9.95. The Morgan fingerprint density at radius 2 is 1.72 bits per heavy atom. The van der Waals surface area contributed by atoms with Crippen LogP contribution < -0.4 is 0 Å². The van der Waals surface area contributed by atoms with E-state index in [2.05, 4.69) is 0 Å². The van der Waals surface area contributed by atoms with Gasteiger partial charge in [-0.1, -0.05) is 32.1 Å². The number of carbonyl (C=O) groups excluding carboxylic acids is 3. The van der Waals surface area contributed by atoms with Crippen LogP contribution in [0.1, 0.15) is 81.8 Å². The first-order valence-corrected chi connectivity index (χ1v) is 10.4. The van der Waals surface area contributed by atoms with E-state index in [1.54, 1.807) is 30.3 Å². The Bertz CT molecular complexity index is 911. The van der Waals surface area contributed by atoms with Gasteiger partial charge in [-0.3, -0.25) is 19.3 Å². The average Bonchev–Trinajstić information content (AvgIpc) is 3.30. The summed E-state index contributed by atoms with van der Waals surface area (Å²) in [4.78, 5) is 41.5. The first-order chi connectivity index (χ1) is 14.1. The predicted octanol–water partition coefficient (Wildman–Crippen LogP) is 4.26. The van der Waals surface area contributed by atoms with Crippen LogP contribution in [0.4, 0.5) is 0 Å². The fourth-order valence-corrected chi connectivity index (χ4v) is 4.32. The molecule has 4 rings (SSSR count). The molecule has 1 aromatic carbocycles. The average molecular weight is 394 g/mol. The van der Waals surface area contributed by atoms with Gasteiger partial charge in [-0.25, -0.2) is 0 Å². The third-order valence-electron chi connectivity index (χ3n) is 6.05. The van der Waals surface area contributed by atoms with Crippen molar-refractivity contribution in [2.75, 3.05) is 7.05 Å². The number of nitrogens with zero attached hydrogens (tertiary/aromatic N) is 2. The highest BCUT2D eigenvalue weighted by Crippen LogP contribution is 2.27. The molecule has 2 aromatic rings. The summed E-state index contributed by atoms with van der Waals surface area (Å²) >= 11 is 0. The highest BCUT2D eigenvalue weighted by molar-refractivity contribution is 6.22. The molecule has 0 bridgehead atoms. The molecule has 2 heterocycles. The molecule has 0 spiro atoms. The third-order valence-corrected chi connectivity index (χ3v) is 6.05. The second-order valence-electron chi connectivity index (χ2n) is 7.95. The second-order valence-corrected chi connectivity index (χ2v) is 7.95. The van der Waals surface area contributed by atoms with Crippen molar-refractivity contribution in [1.82, 2.24) is 9.80 Å². The molecule has 0 radical (unpaired) electrons. The second kappa shape index (κ2) is 8.23. The van der Waals surface area contributed by atoms with Gasteiger partial charge in [0.2, 0.25) is 0 Å². The van der Waals surface area contributed by atoms with E-state index < -0.39 is 0 Å². The van der Waals surface area contributed by atoms with Crippen molar-refractivity contribution < 1.29 is 18.8 Å². The number of carbonyl (C=O) groups is 3. The monoisotopic (exact) mass is 394 g/mol.